The summed E-state index contributed by atoms with van der Waals surface area (Å²) in [6.07, 6.45) is -1.87. The van der Waals surface area contributed by atoms with Gasteiger partial charge in [-0.2, -0.15) is 0 Å². The molecular weight excluding hydrogens is 347 g/mol. The van der Waals surface area contributed by atoms with E-state index >= 15 is 0 Å². The molecule has 2 rings (SSSR count). The zero-order valence-corrected chi connectivity index (χ0v) is 14.0. The lowest BCUT2D eigenvalue weighted by Crippen LogP contribution is -2.58. The highest BCUT2D eigenvalue weighted by Gasteiger charge is 2.32. The lowest BCUT2D eigenvalue weighted by Gasteiger charge is -2.40. The predicted octanol–water partition coefficient (Wildman–Crippen LogP) is -2.19. The van der Waals surface area contributed by atoms with Gasteiger partial charge in [-0.15, -0.1) is 0 Å². The summed E-state index contributed by atoms with van der Waals surface area (Å²) in [7, 11) is -1.55. The van der Waals surface area contributed by atoms with Crippen molar-refractivity contribution in [2.24, 2.45) is 5.73 Å². The Morgan fingerprint density at radius 2 is 2.00 bits per heavy atom. The topological polar surface area (TPSA) is 177 Å². The fraction of sp³-hybridized carbons (Fsp3) is 0.533. The van der Waals surface area contributed by atoms with Crippen molar-refractivity contribution >= 4 is 13.1 Å². The van der Waals surface area contributed by atoms with Crippen molar-refractivity contribution in [3.05, 3.63) is 23.3 Å². The maximum Gasteiger partial charge on any atom is 0.451 e. The van der Waals surface area contributed by atoms with Crippen LogP contribution in [-0.2, 0) is 6.42 Å². The van der Waals surface area contributed by atoms with E-state index in [-0.39, 0.29) is 42.3 Å². The molecule has 11 heteroatoms. The number of aromatic hydroxyl groups is 1. The predicted molar refractivity (Wildman–Crippen MR) is 90.8 cm³/mol. The number of carboxylic acid groups (broad SMARTS) is 1. The average Bonchev–Trinajstić information content (AvgIpc) is 2.51. The summed E-state index contributed by atoms with van der Waals surface area (Å²) in [5.41, 5.74) is 5.45. The molecule has 1 fully saturated rings. The molecule has 26 heavy (non-hydrogen) atoms. The molecule has 0 aromatic heterocycles. The van der Waals surface area contributed by atoms with Gasteiger partial charge in [0.15, 0.2) is 6.29 Å². The van der Waals surface area contributed by atoms with Crippen molar-refractivity contribution in [3.8, 4) is 11.5 Å². The van der Waals surface area contributed by atoms with Crippen LogP contribution in [0, 0.1) is 0 Å². The number of ether oxygens (including phenoxy) is 1. The fourth-order valence-corrected chi connectivity index (χ4v) is 2.73. The summed E-state index contributed by atoms with van der Waals surface area (Å²) < 4.78 is 5.63. The van der Waals surface area contributed by atoms with Gasteiger partial charge in [0.25, 0.3) is 0 Å². The molecule has 0 bridgehead atoms. The molecule has 1 aliphatic heterocycles. The number of rotatable bonds is 9. The number of benzene rings is 1. The highest BCUT2D eigenvalue weighted by molar-refractivity contribution is 6.41. The monoisotopic (exact) mass is 370 g/mol. The number of nitrogens with zero attached hydrogens (tertiary/aromatic N) is 1. The van der Waals surface area contributed by atoms with E-state index in [4.69, 9.17) is 30.7 Å². The van der Waals surface area contributed by atoms with Gasteiger partial charge in [0.2, 0.25) is 0 Å². The standard InChI is InChI=1S/C15H23BN2O8/c17-10(14(20)21)7-18-5-9(6-18)26-11-2-1-8(3-4-16(24)25)13(19)12(11)15(22)23/h1-2,9-10,14,19-21,24-25H,3-7,17H2,(H,22,23). The maximum absolute atomic E-state index is 11.5. The molecule has 10 nitrogen and oxygen atoms in total. The number of carboxylic acids is 1. The Balaban J connectivity index is 2.02. The summed E-state index contributed by atoms with van der Waals surface area (Å²) in [4.78, 5) is 13.3. The van der Waals surface area contributed by atoms with Gasteiger partial charge >= 0.3 is 13.1 Å². The summed E-state index contributed by atoms with van der Waals surface area (Å²) in [5, 5.41) is 55.3. The minimum Gasteiger partial charge on any atom is -0.507 e. The van der Waals surface area contributed by atoms with E-state index in [1.807, 2.05) is 4.90 Å². The van der Waals surface area contributed by atoms with Gasteiger partial charge in [0.05, 0.1) is 6.04 Å². The summed E-state index contributed by atoms with van der Waals surface area (Å²) in [5.74, 6) is -1.80. The molecule has 1 unspecified atom stereocenters. The number of aryl methyl sites for hydroxylation is 1. The number of aromatic carboxylic acids is 1. The Morgan fingerprint density at radius 1 is 1.35 bits per heavy atom. The highest BCUT2D eigenvalue weighted by atomic mass is 16.5. The number of likely N-dealkylation sites (tertiary alicyclic amines) is 1. The first-order chi connectivity index (χ1) is 12.2. The molecule has 0 radical (unpaired) electrons. The second-order valence-corrected chi connectivity index (χ2v) is 6.31. The lowest BCUT2D eigenvalue weighted by molar-refractivity contribution is -0.0756. The molecule has 0 aliphatic carbocycles. The maximum atomic E-state index is 11.5. The third-order valence-corrected chi connectivity index (χ3v) is 4.18. The Kier molecular flexibility index (Phi) is 6.81. The zero-order chi connectivity index (χ0) is 19.4. The highest BCUT2D eigenvalue weighted by Crippen LogP contribution is 2.33. The van der Waals surface area contributed by atoms with Crippen molar-refractivity contribution in [1.82, 2.24) is 4.90 Å². The number of aliphatic hydroxyl groups excluding tert-OH is 1. The zero-order valence-electron chi connectivity index (χ0n) is 14.0. The van der Waals surface area contributed by atoms with Crippen LogP contribution < -0.4 is 10.5 Å². The SMILES string of the molecule is NC(CN1CC(Oc2ccc(CCB(O)O)c(O)c2C(=O)O)C1)C(O)O. The van der Waals surface area contributed by atoms with E-state index in [0.717, 1.165) is 0 Å². The van der Waals surface area contributed by atoms with Crippen LogP contribution in [0.2, 0.25) is 6.32 Å². The summed E-state index contributed by atoms with van der Waals surface area (Å²) in [6, 6.07) is 2.10. The van der Waals surface area contributed by atoms with Crippen LogP contribution >= 0.6 is 0 Å². The molecule has 1 heterocycles. The number of hydrogen-bond acceptors (Lipinski definition) is 9. The Bertz CT molecular complexity index is 636. The van der Waals surface area contributed by atoms with E-state index in [9.17, 15) is 15.0 Å². The Labute approximate surface area is 150 Å². The van der Waals surface area contributed by atoms with Crippen LogP contribution in [0.3, 0.4) is 0 Å². The smallest absolute Gasteiger partial charge is 0.451 e. The lowest BCUT2D eigenvalue weighted by atomic mass is 9.82. The molecule has 0 spiro atoms. The van der Waals surface area contributed by atoms with Crippen LogP contribution in [0.1, 0.15) is 15.9 Å². The van der Waals surface area contributed by atoms with E-state index < -0.39 is 31.2 Å². The van der Waals surface area contributed by atoms with Crippen LogP contribution in [0.25, 0.3) is 0 Å². The van der Waals surface area contributed by atoms with Gasteiger partial charge in [0.1, 0.15) is 23.2 Å². The number of phenols is 1. The van der Waals surface area contributed by atoms with E-state index in [0.29, 0.717) is 13.1 Å². The van der Waals surface area contributed by atoms with E-state index in [1.165, 1.54) is 12.1 Å². The second kappa shape index (κ2) is 8.67. The van der Waals surface area contributed by atoms with Crippen molar-refractivity contribution in [2.75, 3.05) is 19.6 Å². The molecule has 1 saturated heterocycles. The first-order valence-corrected chi connectivity index (χ1v) is 8.14. The number of aliphatic hydroxyl groups is 2. The molecule has 0 saturated carbocycles. The quantitative estimate of drug-likeness (QED) is 0.187. The first-order valence-electron chi connectivity index (χ1n) is 8.14. The molecule has 144 valence electrons. The molecule has 8 N–H and O–H groups in total. The third kappa shape index (κ3) is 5.07. The summed E-state index contributed by atoms with van der Waals surface area (Å²) >= 11 is 0. The summed E-state index contributed by atoms with van der Waals surface area (Å²) in [6.45, 7) is 1.12. The number of hydrogen-bond donors (Lipinski definition) is 7. The van der Waals surface area contributed by atoms with Crippen LogP contribution in [-0.4, -0.2) is 86.5 Å². The van der Waals surface area contributed by atoms with Crippen LogP contribution in [0.4, 0.5) is 0 Å². The normalized spacial score (nSPS) is 16.4. The molecule has 0 amide bonds. The second-order valence-electron chi connectivity index (χ2n) is 6.31. The minimum atomic E-state index is -1.62. The minimum absolute atomic E-state index is 0.0134. The van der Waals surface area contributed by atoms with Crippen molar-refractivity contribution in [1.29, 1.82) is 0 Å². The molecule has 1 aromatic carbocycles. The van der Waals surface area contributed by atoms with Gasteiger partial charge in [-0.3, -0.25) is 4.90 Å². The third-order valence-electron chi connectivity index (χ3n) is 4.18. The number of carbonyl (C=O) groups is 1. The van der Waals surface area contributed by atoms with Crippen molar-refractivity contribution in [2.45, 2.75) is 31.2 Å². The average molecular weight is 370 g/mol. The van der Waals surface area contributed by atoms with Crippen molar-refractivity contribution < 1.29 is 40.0 Å². The van der Waals surface area contributed by atoms with Gasteiger partial charge in [0, 0.05) is 19.6 Å². The van der Waals surface area contributed by atoms with Gasteiger partial charge in [-0.25, -0.2) is 4.79 Å². The number of nitrogens with two attached hydrogens (primary N) is 1. The van der Waals surface area contributed by atoms with Crippen molar-refractivity contribution in [3.63, 3.8) is 0 Å². The van der Waals surface area contributed by atoms with Gasteiger partial charge < -0.3 is 40.9 Å². The molecule has 1 atom stereocenters. The largest absolute Gasteiger partial charge is 0.507 e. The molecule has 1 aliphatic rings. The van der Waals surface area contributed by atoms with Gasteiger partial charge in [-0.1, -0.05) is 6.07 Å². The Morgan fingerprint density at radius 3 is 2.54 bits per heavy atom. The van der Waals surface area contributed by atoms with E-state index in [2.05, 4.69) is 0 Å². The van der Waals surface area contributed by atoms with Crippen LogP contribution in [0.5, 0.6) is 11.5 Å². The van der Waals surface area contributed by atoms with Gasteiger partial charge in [-0.05, 0) is 24.4 Å². The van der Waals surface area contributed by atoms with Crippen LogP contribution in [0.15, 0.2) is 12.1 Å². The Hall–Kier alpha value is -1.89. The first kappa shape index (κ1) is 20.4. The fourth-order valence-electron chi connectivity index (χ4n) is 2.73. The molecular formula is C15H23BN2O8. The molecule has 1 aromatic rings. The van der Waals surface area contributed by atoms with E-state index in [1.54, 1.807) is 0 Å².